The maximum atomic E-state index is 13.1. The number of aromatic nitrogens is 2. The maximum absolute atomic E-state index is 13.1. The van der Waals surface area contributed by atoms with Gasteiger partial charge in [-0.15, -0.1) is 11.3 Å². The van der Waals surface area contributed by atoms with Gasteiger partial charge in [0.15, 0.2) is 5.69 Å². The van der Waals surface area contributed by atoms with Crippen molar-refractivity contribution in [1.29, 1.82) is 0 Å². The first-order valence-electron chi connectivity index (χ1n) is 10.1. The Morgan fingerprint density at radius 2 is 1.97 bits per heavy atom. The molecule has 2 aromatic heterocycles. The fraction of sp³-hybridized carbons (Fsp3) is 0.571. The molecule has 0 unspecified atom stereocenters. The van der Waals surface area contributed by atoms with Gasteiger partial charge < -0.3 is 10.1 Å². The van der Waals surface area contributed by atoms with Crippen molar-refractivity contribution < 1.29 is 27.5 Å². The Labute approximate surface area is 196 Å². The lowest BCUT2D eigenvalue weighted by Gasteiger charge is -2.33. The number of fused-ring (bicyclic) bond motifs is 1. The predicted octanol–water partition coefficient (Wildman–Crippen LogP) is 5.61. The van der Waals surface area contributed by atoms with Gasteiger partial charge in [-0.05, 0) is 59.0 Å². The van der Waals surface area contributed by atoms with Crippen molar-refractivity contribution in [2.45, 2.75) is 59.7 Å². The van der Waals surface area contributed by atoms with E-state index in [0.29, 0.717) is 22.9 Å². The number of carbonyl (C=O) groups is 2. The van der Waals surface area contributed by atoms with Crippen LogP contribution < -0.4 is 5.32 Å². The van der Waals surface area contributed by atoms with E-state index in [4.69, 9.17) is 4.74 Å². The highest BCUT2D eigenvalue weighted by molar-refractivity contribution is 9.10. The number of amides is 1. The van der Waals surface area contributed by atoms with Crippen molar-refractivity contribution >= 4 is 44.1 Å². The highest BCUT2D eigenvalue weighted by Gasteiger charge is 2.38. The van der Waals surface area contributed by atoms with Gasteiger partial charge in [0, 0.05) is 4.88 Å². The van der Waals surface area contributed by atoms with Gasteiger partial charge in [0.25, 0.3) is 0 Å². The number of carbonyl (C=O) groups excluding carboxylic acids is 2. The molecule has 0 aliphatic heterocycles. The number of thiophene rings is 1. The first-order valence-corrected chi connectivity index (χ1v) is 11.7. The second kappa shape index (κ2) is 8.81. The van der Waals surface area contributed by atoms with Crippen LogP contribution in [0.15, 0.2) is 4.47 Å². The van der Waals surface area contributed by atoms with Gasteiger partial charge in [0.1, 0.15) is 11.5 Å². The minimum atomic E-state index is -4.64. The number of hydrogen-bond acceptors (Lipinski definition) is 5. The molecule has 176 valence electrons. The molecule has 0 fully saturated rings. The molecule has 0 radical (unpaired) electrons. The molecular weight excluding hydrogens is 511 g/mol. The summed E-state index contributed by atoms with van der Waals surface area (Å²) in [4.78, 5) is 26.2. The number of halogens is 4. The molecule has 6 nitrogen and oxygen atoms in total. The highest BCUT2D eigenvalue weighted by Crippen LogP contribution is 2.44. The first-order chi connectivity index (χ1) is 14.7. The zero-order chi connectivity index (χ0) is 24.0. The molecule has 0 spiro atoms. The molecule has 1 aliphatic carbocycles. The molecule has 3 rings (SSSR count). The molecule has 1 aliphatic rings. The number of rotatable bonds is 4. The molecule has 0 bridgehead atoms. The van der Waals surface area contributed by atoms with Crippen molar-refractivity contribution in [2.24, 2.45) is 11.3 Å². The normalized spacial score (nSPS) is 16.6. The van der Waals surface area contributed by atoms with Crippen LogP contribution in [0.3, 0.4) is 0 Å². The maximum Gasteiger partial charge on any atom is 0.436 e. The lowest BCUT2D eigenvalue weighted by molar-refractivity contribution is -0.142. The molecule has 1 amide bonds. The Bertz CT molecular complexity index is 1050. The van der Waals surface area contributed by atoms with Crippen molar-refractivity contribution in [3.8, 4) is 0 Å². The Morgan fingerprint density at radius 3 is 2.50 bits per heavy atom. The Morgan fingerprint density at radius 1 is 1.31 bits per heavy atom. The SMILES string of the molecule is COC(=O)c1c(NC(=O)Cn2nc(C(F)(F)F)c(Br)c2C)sc2c1CC[C@H](C(C)(C)C)C2. The van der Waals surface area contributed by atoms with Crippen LogP contribution in [-0.2, 0) is 35.1 Å². The molecule has 2 aromatic rings. The van der Waals surface area contributed by atoms with Gasteiger partial charge in [0.05, 0.1) is 22.8 Å². The number of methoxy groups -OCH3 is 1. The predicted molar refractivity (Wildman–Crippen MR) is 119 cm³/mol. The van der Waals surface area contributed by atoms with E-state index in [1.165, 1.54) is 25.4 Å². The summed E-state index contributed by atoms with van der Waals surface area (Å²) in [5.74, 6) is -0.676. The van der Waals surface area contributed by atoms with E-state index >= 15 is 0 Å². The monoisotopic (exact) mass is 535 g/mol. The molecule has 0 saturated carbocycles. The van der Waals surface area contributed by atoms with Crippen LogP contribution in [0.2, 0.25) is 0 Å². The smallest absolute Gasteiger partial charge is 0.436 e. The molecule has 1 N–H and O–H groups in total. The number of anilines is 1. The molecule has 1 atom stereocenters. The second-order valence-corrected chi connectivity index (χ2v) is 10.9. The molecule has 0 saturated heterocycles. The lowest BCUT2D eigenvalue weighted by atomic mass is 9.72. The molecule has 32 heavy (non-hydrogen) atoms. The van der Waals surface area contributed by atoms with Crippen LogP contribution >= 0.6 is 27.3 Å². The summed E-state index contributed by atoms with van der Waals surface area (Å²) in [7, 11) is 1.28. The molecule has 2 heterocycles. The standard InChI is InChI=1S/C21H25BrF3N3O3S/c1-10-16(22)17(21(23,24)25)27-28(10)9-14(29)26-18-15(19(30)31-5)12-7-6-11(20(2,3)4)8-13(12)32-18/h11H,6-9H2,1-5H3,(H,26,29)/t11-/m0/s1. The number of ether oxygens (including phenoxy) is 1. The lowest BCUT2D eigenvalue weighted by Crippen LogP contribution is -2.26. The van der Waals surface area contributed by atoms with E-state index in [0.717, 1.165) is 28.0 Å². The van der Waals surface area contributed by atoms with E-state index in [1.54, 1.807) is 0 Å². The fourth-order valence-electron chi connectivity index (χ4n) is 3.89. The second-order valence-electron chi connectivity index (χ2n) is 8.96. The fourth-order valence-corrected chi connectivity index (χ4v) is 5.73. The Balaban J connectivity index is 1.87. The average molecular weight is 536 g/mol. The minimum absolute atomic E-state index is 0.109. The van der Waals surface area contributed by atoms with Gasteiger partial charge in [-0.1, -0.05) is 20.8 Å². The van der Waals surface area contributed by atoms with Gasteiger partial charge in [-0.25, -0.2) is 4.79 Å². The quantitative estimate of drug-likeness (QED) is 0.516. The number of nitrogens with zero attached hydrogens (tertiary/aromatic N) is 2. The first kappa shape index (κ1) is 24.8. The van der Waals surface area contributed by atoms with Gasteiger partial charge >= 0.3 is 12.1 Å². The van der Waals surface area contributed by atoms with Crippen molar-refractivity contribution in [1.82, 2.24) is 9.78 Å². The van der Waals surface area contributed by atoms with E-state index < -0.39 is 30.3 Å². The van der Waals surface area contributed by atoms with E-state index in [2.05, 4.69) is 47.1 Å². The molecule has 0 aromatic carbocycles. The largest absolute Gasteiger partial charge is 0.465 e. The summed E-state index contributed by atoms with van der Waals surface area (Å²) in [5.41, 5.74) is 0.423. The third kappa shape index (κ3) is 4.88. The summed E-state index contributed by atoms with van der Waals surface area (Å²) < 4.78 is 45.0. The van der Waals surface area contributed by atoms with E-state index in [-0.39, 0.29) is 15.6 Å². The Hall–Kier alpha value is -1.88. The van der Waals surface area contributed by atoms with Crippen LogP contribution in [0.4, 0.5) is 18.2 Å². The van der Waals surface area contributed by atoms with Crippen LogP contribution in [0, 0.1) is 18.3 Å². The van der Waals surface area contributed by atoms with Gasteiger partial charge in [0.2, 0.25) is 5.91 Å². The van der Waals surface area contributed by atoms with Gasteiger partial charge in [-0.3, -0.25) is 9.48 Å². The van der Waals surface area contributed by atoms with E-state index in [9.17, 15) is 22.8 Å². The topological polar surface area (TPSA) is 73.2 Å². The Kier molecular flexibility index (Phi) is 6.82. The van der Waals surface area contributed by atoms with Crippen LogP contribution in [0.25, 0.3) is 0 Å². The summed E-state index contributed by atoms with van der Waals surface area (Å²) in [6.07, 6.45) is -2.22. The summed E-state index contributed by atoms with van der Waals surface area (Å²) in [5, 5.41) is 6.60. The summed E-state index contributed by atoms with van der Waals surface area (Å²) >= 11 is 4.23. The number of hydrogen-bond donors (Lipinski definition) is 1. The van der Waals surface area contributed by atoms with Crippen LogP contribution in [0.5, 0.6) is 0 Å². The van der Waals surface area contributed by atoms with Crippen LogP contribution in [0.1, 0.15) is 59.4 Å². The number of alkyl halides is 3. The third-order valence-electron chi connectivity index (χ3n) is 5.83. The zero-order valence-corrected chi connectivity index (χ0v) is 20.8. The van der Waals surface area contributed by atoms with Crippen molar-refractivity contribution in [2.75, 3.05) is 12.4 Å². The summed E-state index contributed by atoms with van der Waals surface area (Å²) in [6.45, 7) is 7.56. The number of esters is 1. The third-order valence-corrected chi connectivity index (χ3v) is 7.95. The van der Waals surface area contributed by atoms with Crippen LogP contribution in [-0.4, -0.2) is 28.8 Å². The molecule has 11 heteroatoms. The minimum Gasteiger partial charge on any atom is -0.465 e. The van der Waals surface area contributed by atoms with Crippen molar-refractivity contribution in [3.05, 3.63) is 31.9 Å². The average Bonchev–Trinajstić information content (AvgIpc) is 3.17. The zero-order valence-electron chi connectivity index (χ0n) is 18.4. The van der Waals surface area contributed by atoms with E-state index in [1.807, 2.05) is 0 Å². The molecular formula is C21H25BrF3N3O3S. The number of nitrogens with one attached hydrogen (secondary N) is 1. The summed E-state index contributed by atoms with van der Waals surface area (Å²) in [6, 6.07) is 0. The van der Waals surface area contributed by atoms with Gasteiger partial charge in [-0.2, -0.15) is 18.3 Å². The highest BCUT2D eigenvalue weighted by atomic mass is 79.9. The van der Waals surface area contributed by atoms with Crippen molar-refractivity contribution in [3.63, 3.8) is 0 Å².